The highest BCUT2D eigenvalue weighted by atomic mass is 127. The molecule has 1 unspecified atom stereocenters. The number of aliphatic imine (C=N–C) groups is 1. The van der Waals surface area contributed by atoms with E-state index in [0.717, 1.165) is 12.8 Å². The number of hydrogen-bond acceptors (Lipinski definition) is 3. The van der Waals surface area contributed by atoms with Gasteiger partial charge in [-0.1, -0.05) is 40.0 Å². The van der Waals surface area contributed by atoms with E-state index >= 15 is 0 Å². The van der Waals surface area contributed by atoms with Gasteiger partial charge in [-0.25, -0.2) is 0 Å². The van der Waals surface area contributed by atoms with Gasteiger partial charge < -0.3 is 20.7 Å². The highest BCUT2D eigenvalue weighted by molar-refractivity contribution is 14.0. The molecule has 3 N–H and O–H groups in total. The molecule has 7 heteroatoms. The first kappa shape index (κ1) is 24.4. The van der Waals surface area contributed by atoms with Crippen molar-refractivity contribution < 1.29 is 9.53 Å². The van der Waals surface area contributed by atoms with Crippen LogP contribution in [-0.2, 0) is 9.53 Å². The molecule has 1 atom stereocenters. The molecule has 1 amide bonds. The van der Waals surface area contributed by atoms with Gasteiger partial charge in [0.1, 0.15) is 0 Å². The molecule has 6 nitrogen and oxygen atoms in total. The molecule has 1 saturated carbocycles. The standard InChI is InChI=1S/C18H36N4O2.HI/c1-18(2,3)15(24-5)13-21-17(19-4)20-12-11-16(23)22-14-9-7-6-8-10-14;/h14-15H,6-13H2,1-5H3,(H,22,23)(H2,19,20,21);1H. The predicted octanol–water partition coefficient (Wildman–Crippen LogP) is 2.67. The molecule has 1 rings (SSSR count). The van der Waals surface area contributed by atoms with Gasteiger partial charge >= 0.3 is 0 Å². The van der Waals surface area contributed by atoms with E-state index in [9.17, 15) is 4.79 Å². The second-order valence-electron chi connectivity index (χ2n) is 7.62. The summed E-state index contributed by atoms with van der Waals surface area (Å²) in [5.41, 5.74) is 0.0560. The first-order chi connectivity index (χ1) is 11.4. The van der Waals surface area contributed by atoms with Crippen LogP contribution >= 0.6 is 24.0 Å². The average molecular weight is 468 g/mol. The summed E-state index contributed by atoms with van der Waals surface area (Å²) < 4.78 is 5.53. The quantitative estimate of drug-likeness (QED) is 0.305. The van der Waals surface area contributed by atoms with Gasteiger partial charge in [-0.3, -0.25) is 9.79 Å². The molecule has 0 saturated heterocycles. The molecule has 1 aliphatic rings. The summed E-state index contributed by atoms with van der Waals surface area (Å²) in [7, 11) is 3.46. The lowest BCUT2D eigenvalue weighted by atomic mass is 9.89. The summed E-state index contributed by atoms with van der Waals surface area (Å²) in [6, 6.07) is 0.373. The van der Waals surface area contributed by atoms with Gasteiger partial charge in [-0.2, -0.15) is 0 Å². The van der Waals surface area contributed by atoms with Crippen molar-refractivity contribution in [3.63, 3.8) is 0 Å². The second-order valence-corrected chi connectivity index (χ2v) is 7.62. The summed E-state index contributed by atoms with van der Waals surface area (Å²) in [4.78, 5) is 16.2. The zero-order valence-corrected chi connectivity index (χ0v) is 18.8. The number of nitrogens with zero attached hydrogens (tertiary/aromatic N) is 1. The lowest BCUT2D eigenvalue weighted by molar-refractivity contribution is -0.121. The molecule has 1 fully saturated rings. The first-order valence-corrected chi connectivity index (χ1v) is 9.13. The van der Waals surface area contributed by atoms with Crippen molar-refractivity contribution in [1.29, 1.82) is 0 Å². The van der Waals surface area contributed by atoms with Crippen LogP contribution < -0.4 is 16.0 Å². The van der Waals surface area contributed by atoms with E-state index in [1.54, 1.807) is 14.2 Å². The van der Waals surface area contributed by atoms with Crippen molar-refractivity contribution in [2.75, 3.05) is 27.2 Å². The monoisotopic (exact) mass is 468 g/mol. The summed E-state index contributed by atoms with van der Waals surface area (Å²) in [5.74, 6) is 0.820. The van der Waals surface area contributed by atoms with Crippen molar-refractivity contribution >= 4 is 35.8 Å². The maximum Gasteiger partial charge on any atom is 0.221 e. The maximum absolute atomic E-state index is 12.0. The Morgan fingerprint density at radius 2 is 1.84 bits per heavy atom. The number of guanidine groups is 1. The van der Waals surface area contributed by atoms with E-state index < -0.39 is 0 Å². The molecular weight excluding hydrogens is 431 g/mol. The van der Waals surface area contributed by atoms with E-state index in [1.165, 1.54) is 19.3 Å². The number of hydrogen-bond donors (Lipinski definition) is 3. The van der Waals surface area contributed by atoms with Gasteiger partial charge in [0.15, 0.2) is 5.96 Å². The minimum absolute atomic E-state index is 0. The van der Waals surface area contributed by atoms with Crippen LogP contribution in [0, 0.1) is 5.41 Å². The van der Waals surface area contributed by atoms with Crippen molar-refractivity contribution in [2.45, 2.75) is 71.4 Å². The van der Waals surface area contributed by atoms with E-state index in [2.05, 4.69) is 41.7 Å². The molecule has 148 valence electrons. The van der Waals surface area contributed by atoms with E-state index in [1.807, 2.05) is 0 Å². The minimum atomic E-state index is 0. The Hall–Kier alpha value is -0.570. The number of carbonyl (C=O) groups is 1. The van der Waals surface area contributed by atoms with Gasteiger partial charge in [0.2, 0.25) is 5.91 Å². The topological polar surface area (TPSA) is 74.8 Å². The molecule has 0 aromatic heterocycles. The number of methoxy groups -OCH3 is 1. The molecule has 0 bridgehead atoms. The highest BCUT2D eigenvalue weighted by Crippen LogP contribution is 2.20. The normalized spacial score (nSPS) is 17.4. The molecule has 0 aromatic rings. The lowest BCUT2D eigenvalue weighted by Gasteiger charge is -2.30. The molecule has 25 heavy (non-hydrogen) atoms. The van der Waals surface area contributed by atoms with Crippen LogP contribution in [0.1, 0.15) is 59.3 Å². The summed E-state index contributed by atoms with van der Waals surface area (Å²) in [5, 5.41) is 9.59. The van der Waals surface area contributed by atoms with Gasteiger partial charge in [0.05, 0.1) is 6.10 Å². The molecule has 0 radical (unpaired) electrons. The molecule has 0 spiro atoms. The van der Waals surface area contributed by atoms with E-state index in [0.29, 0.717) is 31.5 Å². The fourth-order valence-corrected chi connectivity index (χ4v) is 2.99. The van der Waals surface area contributed by atoms with Crippen LogP contribution in [0.15, 0.2) is 4.99 Å². The van der Waals surface area contributed by atoms with Crippen LogP contribution in [0.5, 0.6) is 0 Å². The SMILES string of the molecule is CN=C(NCCC(=O)NC1CCCCC1)NCC(OC)C(C)(C)C.I. The van der Waals surface area contributed by atoms with E-state index in [-0.39, 0.29) is 41.4 Å². The average Bonchev–Trinajstić information content (AvgIpc) is 2.53. The lowest BCUT2D eigenvalue weighted by Crippen LogP contribution is -2.46. The minimum Gasteiger partial charge on any atom is -0.379 e. The van der Waals surface area contributed by atoms with E-state index in [4.69, 9.17) is 4.74 Å². The predicted molar refractivity (Wildman–Crippen MR) is 115 cm³/mol. The van der Waals surface area contributed by atoms with Crippen molar-refractivity contribution in [1.82, 2.24) is 16.0 Å². The first-order valence-electron chi connectivity index (χ1n) is 9.13. The largest absolute Gasteiger partial charge is 0.379 e. The second kappa shape index (κ2) is 12.7. The summed E-state index contributed by atoms with van der Waals surface area (Å²) >= 11 is 0. The van der Waals surface area contributed by atoms with Gasteiger partial charge in [0, 0.05) is 39.7 Å². The van der Waals surface area contributed by atoms with Crippen LogP contribution in [0.3, 0.4) is 0 Å². The third-order valence-electron chi connectivity index (χ3n) is 4.54. The fourth-order valence-electron chi connectivity index (χ4n) is 2.99. The zero-order valence-electron chi connectivity index (χ0n) is 16.5. The Bertz CT molecular complexity index is 404. The Labute approximate surface area is 170 Å². The zero-order chi connectivity index (χ0) is 18.0. The Morgan fingerprint density at radius 3 is 2.36 bits per heavy atom. The van der Waals surface area contributed by atoms with Crippen LogP contribution in [0.25, 0.3) is 0 Å². The van der Waals surface area contributed by atoms with Crippen molar-refractivity contribution in [3.05, 3.63) is 0 Å². The van der Waals surface area contributed by atoms with Gasteiger partial charge in [-0.05, 0) is 18.3 Å². The Kier molecular flexibility index (Phi) is 12.4. The number of halogens is 1. The Balaban J connectivity index is 0.00000576. The number of amides is 1. The number of rotatable bonds is 7. The third kappa shape index (κ3) is 10.2. The highest BCUT2D eigenvalue weighted by Gasteiger charge is 2.24. The molecule has 0 aliphatic heterocycles. The number of carbonyl (C=O) groups excluding carboxylic acids is 1. The van der Waals surface area contributed by atoms with Gasteiger partial charge in [0.25, 0.3) is 0 Å². The molecule has 0 aromatic carbocycles. The smallest absolute Gasteiger partial charge is 0.221 e. The summed E-state index contributed by atoms with van der Waals surface area (Å²) in [6.45, 7) is 7.69. The Morgan fingerprint density at radius 1 is 1.20 bits per heavy atom. The van der Waals surface area contributed by atoms with Crippen LogP contribution in [0.4, 0.5) is 0 Å². The van der Waals surface area contributed by atoms with Crippen molar-refractivity contribution in [2.24, 2.45) is 10.4 Å². The van der Waals surface area contributed by atoms with Gasteiger partial charge in [-0.15, -0.1) is 24.0 Å². The van der Waals surface area contributed by atoms with Crippen LogP contribution in [-0.4, -0.2) is 51.3 Å². The fraction of sp³-hybridized carbons (Fsp3) is 0.889. The summed E-state index contributed by atoms with van der Waals surface area (Å²) in [6.07, 6.45) is 6.55. The maximum atomic E-state index is 12.0. The molecule has 1 aliphatic carbocycles. The molecule has 0 heterocycles. The number of ether oxygens (including phenoxy) is 1. The third-order valence-corrected chi connectivity index (χ3v) is 4.54. The van der Waals surface area contributed by atoms with Crippen LogP contribution in [0.2, 0.25) is 0 Å². The van der Waals surface area contributed by atoms with Crippen molar-refractivity contribution in [3.8, 4) is 0 Å². The molecular formula is C18H37IN4O2. The number of nitrogens with one attached hydrogen (secondary N) is 3.